The SMILES string of the molecule is Cc1ccc(S(=O)(=O)OCCC[C@H](C)NC(=O)OC(C)(C)C)cc1. The Kier molecular flexibility index (Phi) is 7.23. The fourth-order valence-electron chi connectivity index (χ4n) is 1.91. The smallest absolute Gasteiger partial charge is 0.407 e. The molecular formula is C17H27NO5S. The maximum absolute atomic E-state index is 12.0. The summed E-state index contributed by atoms with van der Waals surface area (Å²) in [5, 5.41) is 2.71. The molecule has 0 saturated carbocycles. The normalized spacial score (nSPS) is 13.4. The van der Waals surface area contributed by atoms with Gasteiger partial charge in [0.15, 0.2) is 0 Å². The van der Waals surface area contributed by atoms with E-state index in [2.05, 4.69) is 5.32 Å². The Morgan fingerprint density at radius 1 is 1.21 bits per heavy atom. The maximum atomic E-state index is 12.0. The molecule has 0 aromatic heterocycles. The van der Waals surface area contributed by atoms with E-state index in [4.69, 9.17) is 8.92 Å². The van der Waals surface area contributed by atoms with Gasteiger partial charge in [-0.25, -0.2) is 4.79 Å². The highest BCUT2D eigenvalue weighted by atomic mass is 32.2. The molecule has 1 atom stereocenters. The zero-order chi connectivity index (χ0) is 18.4. The number of benzene rings is 1. The molecule has 0 fully saturated rings. The van der Waals surface area contributed by atoms with Gasteiger partial charge in [0.25, 0.3) is 10.1 Å². The number of carbonyl (C=O) groups excluding carboxylic acids is 1. The standard InChI is InChI=1S/C17H27NO5S/c1-13-8-10-15(11-9-13)24(20,21)22-12-6-7-14(2)18-16(19)23-17(3,4)5/h8-11,14H,6-7,12H2,1-5H3,(H,18,19)/t14-/m0/s1. The predicted molar refractivity (Wildman–Crippen MR) is 92.4 cm³/mol. The molecule has 1 amide bonds. The van der Waals surface area contributed by atoms with E-state index in [1.165, 1.54) is 12.1 Å². The third-order valence-corrected chi connectivity index (χ3v) is 4.42. The first kappa shape index (κ1) is 20.4. The van der Waals surface area contributed by atoms with Crippen molar-refractivity contribution in [1.82, 2.24) is 5.32 Å². The lowest BCUT2D eigenvalue weighted by molar-refractivity contribution is 0.0504. The van der Waals surface area contributed by atoms with Crippen LogP contribution in [0.1, 0.15) is 46.1 Å². The maximum Gasteiger partial charge on any atom is 0.407 e. The molecule has 0 saturated heterocycles. The molecule has 1 aromatic rings. The van der Waals surface area contributed by atoms with Crippen molar-refractivity contribution in [2.45, 2.75) is 64.0 Å². The van der Waals surface area contributed by atoms with Gasteiger partial charge in [0, 0.05) is 6.04 Å². The Bertz CT molecular complexity index is 632. The summed E-state index contributed by atoms with van der Waals surface area (Å²) in [4.78, 5) is 11.8. The second-order valence-corrected chi connectivity index (χ2v) is 8.39. The molecule has 1 aromatic carbocycles. The Balaban J connectivity index is 2.34. The minimum atomic E-state index is -3.73. The number of aryl methyl sites for hydroxylation is 1. The van der Waals surface area contributed by atoms with Crippen LogP contribution in [-0.2, 0) is 19.0 Å². The number of hydrogen-bond donors (Lipinski definition) is 1. The molecule has 1 rings (SSSR count). The second kappa shape index (κ2) is 8.48. The molecule has 136 valence electrons. The fraction of sp³-hybridized carbons (Fsp3) is 0.588. The predicted octanol–water partition coefficient (Wildman–Crippen LogP) is 3.39. The van der Waals surface area contributed by atoms with Crippen LogP contribution in [0.15, 0.2) is 29.2 Å². The number of nitrogens with one attached hydrogen (secondary N) is 1. The highest BCUT2D eigenvalue weighted by molar-refractivity contribution is 7.86. The van der Waals surface area contributed by atoms with Gasteiger partial charge < -0.3 is 10.1 Å². The van der Waals surface area contributed by atoms with E-state index in [0.717, 1.165) is 5.56 Å². The van der Waals surface area contributed by atoms with Crippen molar-refractivity contribution in [3.05, 3.63) is 29.8 Å². The highest BCUT2D eigenvalue weighted by Crippen LogP contribution is 2.14. The number of hydrogen-bond acceptors (Lipinski definition) is 5. The van der Waals surface area contributed by atoms with E-state index in [1.807, 2.05) is 13.8 Å². The molecule has 0 spiro atoms. The third-order valence-electron chi connectivity index (χ3n) is 3.09. The number of ether oxygens (including phenoxy) is 1. The highest BCUT2D eigenvalue weighted by Gasteiger charge is 2.18. The Hall–Kier alpha value is -1.60. The first-order valence-electron chi connectivity index (χ1n) is 7.95. The molecule has 0 unspecified atom stereocenters. The molecule has 0 aliphatic rings. The van der Waals surface area contributed by atoms with Crippen molar-refractivity contribution >= 4 is 16.2 Å². The molecule has 7 heteroatoms. The zero-order valence-corrected chi connectivity index (χ0v) is 15.8. The van der Waals surface area contributed by atoms with Crippen LogP contribution in [-0.4, -0.2) is 32.8 Å². The van der Waals surface area contributed by atoms with Crippen molar-refractivity contribution in [1.29, 1.82) is 0 Å². The minimum absolute atomic E-state index is 0.0660. The van der Waals surface area contributed by atoms with Gasteiger partial charge in [-0.1, -0.05) is 17.7 Å². The molecule has 0 bridgehead atoms. The zero-order valence-electron chi connectivity index (χ0n) is 15.0. The van der Waals surface area contributed by atoms with E-state index in [0.29, 0.717) is 12.8 Å². The summed E-state index contributed by atoms with van der Waals surface area (Å²) in [7, 11) is -3.73. The quantitative estimate of drug-likeness (QED) is 0.597. The van der Waals surface area contributed by atoms with Crippen LogP contribution in [0.25, 0.3) is 0 Å². The van der Waals surface area contributed by atoms with E-state index >= 15 is 0 Å². The number of amides is 1. The largest absolute Gasteiger partial charge is 0.444 e. The van der Waals surface area contributed by atoms with Crippen molar-refractivity contribution < 1.29 is 22.1 Å². The van der Waals surface area contributed by atoms with Gasteiger partial charge in [-0.05, 0) is 59.6 Å². The van der Waals surface area contributed by atoms with E-state index < -0.39 is 21.8 Å². The van der Waals surface area contributed by atoms with Crippen LogP contribution in [0.3, 0.4) is 0 Å². The van der Waals surface area contributed by atoms with Crippen LogP contribution in [0.4, 0.5) is 4.79 Å². The van der Waals surface area contributed by atoms with Gasteiger partial charge >= 0.3 is 6.09 Å². The summed E-state index contributed by atoms with van der Waals surface area (Å²) in [6, 6.07) is 6.37. The van der Waals surface area contributed by atoms with Crippen LogP contribution < -0.4 is 5.32 Å². The average molecular weight is 357 g/mol. The minimum Gasteiger partial charge on any atom is -0.444 e. The monoisotopic (exact) mass is 357 g/mol. The Morgan fingerprint density at radius 2 is 1.79 bits per heavy atom. The Morgan fingerprint density at radius 3 is 2.33 bits per heavy atom. The molecule has 0 aliphatic heterocycles. The second-order valence-electron chi connectivity index (χ2n) is 6.78. The molecule has 1 N–H and O–H groups in total. The van der Waals surface area contributed by atoms with Gasteiger partial charge in [0.1, 0.15) is 5.60 Å². The fourth-order valence-corrected chi connectivity index (χ4v) is 2.85. The first-order valence-corrected chi connectivity index (χ1v) is 9.36. The van der Waals surface area contributed by atoms with Crippen LogP contribution in [0, 0.1) is 6.92 Å². The van der Waals surface area contributed by atoms with Gasteiger partial charge in [-0.2, -0.15) is 8.42 Å². The lowest BCUT2D eigenvalue weighted by Crippen LogP contribution is -2.37. The summed E-state index contributed by atoms with van der Waals surface area (Å²) < 4.78 is 34.2. The van der Waals surface area contributed by atoms with E-state index in [9.17, 15) is 13.2 Å². The average Bonchev–Trinajstić information content (AvgIpc) is 2.42. The third kappa shape index (κ3) is 7.79. The molecule has 0 heterocycles. The van der Waals surface area contributed by atoms with Gasteiger partial charge in [0.2, 0.25) is 0 Å². The lowest BCUT2D eigenvalue weighted by Gasteiger charge is -2.21. The summed E-state index contributed by atoms with van der Waals surface area (Å²) in [6.45, 7) is 9.16. The van der Waals surface area contributed by atoms with Crippen LogP contribution >= 0.6 is 0 Å². The van der Waals surface area contributed by atoms with Gasteiger partial charge in [-0.15, -0.1) is 0 Å². The molecule has 0 aliphatic carbocycles. The Labute approximate surface area is 144 Å². The molecule has 24 heavy (non-hydrogen) atoms. The summed E-state index contributed by atoms with van der Waals surface area (Å²) in [5.74, 6) is 0. The van der Waals surface area contributed by atoms with Gasteiger partial charge in [0.05, 0.1) is 11.5 Å². The van der Waals surface area contributed by atoms with Gasteiger partial charge in [-0.3, -0.25) is 4.18 Å². The van der Waals surface area contributed by atoms with Crippen molar-refractivity contribution in [3.63, 3.8) is 0 Å². The number of carbonyl (C=O) groups is 1. The molecule has 6 nitrogen and oxygen atoms in total. The van der Waals surface area contributed by atoms with Crippen LogP contribution in [0.5, 0.6) is 0 Å². The molecular weight excluding hydrogens is 330 g/mol. The number of rotatable bonds is 7. The summed E-state index contributed by atoms with van der Waals surface area (Å²) in [6.07, 6.45) is 0.605. The van der Waals surface area contributed by atoms with Crippen molar-refractivity contribution in [3.8, 4) is 0 Å². The van der Waals surface area contributed by atoms with Crippen molar-refractivity contribution in [2.75, 3.05) is 6.61 Å². The summed E-state index contributed by atoms with van der Waals surface area (Å²) in [5.41, 5.74) is 0.436. The van der Waals surface area contributed by atoms with E-state index in [1.54, 1.807) is 32.9 Å². The van der Waals surface area contributed by atoms with Crippen molar-refractivity contribution in [2.24, 2.45) is 0 Å². The van der Waals surface area contributed by atoms with E-state index in [-0.39, 0.29) is 17.5 Å². The van der Waals surface area contributed by atoms with Crippen LogP contribution in [0.2, 0.25) is 0 Å². The lowest BCUT2D eigenvalue weighted by atomic mass is 10.2. The molecule has 0 radical (unpaired) electrons. The summed E-state index contributed by atoms with van der Waals surface area (Å²) >= 11 is 0. The topological polar surface area (TPSA) is 81.7 Å². The number of alkyl carbamates (subject to hydrolysis) is 1. The first-order chi connectivity index (χ1) is 11.0.